The van der Waals surface area contributed by atoms with Gasteiger partial charge in [-0.25, -0.2) is 23.9 Å². The summed E-state index contributed by atoms with van der Waals surface area (Å²) in [5.41, 5.74) is 1.82. The standard InChI is InChI=1S/C31H33ClFN5O6/c1-42-30(40)25-5-3-6-26(31(41)43-2)38(25)28(39)7-4-12-34-24-14-20-23(15-27(24)44-16-18-8-9-18)35-17-36-29(20)37-19-10-11-22(33)21(32)13-19/h4,7,10-11,13-15,17-18,25-26,34H,3,5-6,8-9,12,16H2,1-2H3,(H,35,36,37)/b7-4+. The van der Waals surface area contributed by atoms with Crippen LogP contribution < -0.4 is 15.4 Å². The molecule has 2 aromatic carbocycles. The van der Waals surface area contributed by atoms with Crippen LogP contribution in [0.1, 0.15) is 32.1 Å². The molecule has 0 spiro atoms. The van der Waals surface area contributed by atoms with Crippen molar-refractivity contribution in [3.8, 4) is 5.75 Å². The second-order valence-electron chi connectivity index (χ2n) is 10.6. The quantitative estimate of drug-likeness (QED) is 0.221. The molecule has 1 aromatic heterocycles. The zero-order chi connectivity index (χ0) is 31.2. The number of carbonyl (C=O) groups excluding carboxylic acids is 3. The van der Waals surface area contributed by atoms with E-state index in [-0.39, 0.29) is 11.6 Å². The van der Waals surface area contributed by atoms with Crippen molar-refractivity contribution in [3.05, 3.63) is 59.7 Å². The number of hydrogen-bond donors (Lipinski definition) is 2. The Morgan fingerprint density at radius 1 is 1.05 bits per heavy atom. The Morgan fingerprint density at radius 3 is 2.43 bits per heavy atom. The summed E-state index contributed by atoms with van der Waals surface area (Å²) in [5.74, 6) is -0.611. The minimum Gasteiger partial charge on any atom is -0.491 e. The second-order valence-corrected chi connectivity index (χ2v) is 11.0. The number of halogens is 2. The van der Waals surface area contributed by atoms with Gasteiger partial charge in [-0.3, -0.25) is 4.79 Å². The summed E-state index contributed by atoms with van der Waals surface area (Å²) in [6.45, 7) is 0.790. The molecule has 1 aliphatic heterocycles. The van der Waals surface area contributed by atoms with E-state index in [0.29, 0.717) is 65.6 Å². The lowest BCUT2D eigenvalue weighted by atomic mass is 9.95. The number of likely N-dealkylation sites (tertiary alicyclic amines) is 1. The van der Waals surface area contributed by atoms with Crippen molar-refractivity contribution in [3.63, 3.8) is 0 Å². The number of amides is 1. The molecule has 1 saturated carbocycles. The first-order chi connectivity index (χ1) is 21.3. The van der Waals surface area contributed by atoms with E-state index in [9.17, 15) is 18.8 Å². The number of nitrogens with one attached hydrogen (secondary N) is 2. The molecule has 0 bridgehead atoms. The smallest absolute Gasteiger partial charge is 0.328 e. The van der Waals surface area contributed by atoms with Crippen LogP contribution in [0, 0.1) is 11.7 Å². The van der Waals surface area contributed by atoms with Crippen molar-refractivity contribution in [1.29, 1.82) is 0 Å². The molecule has 2 heterocycles. The Kier molecular flexibility index (Phi) is 9.78. The van der Waals surface area contributed by atoms with Crippen LogP contribution in [0.5, 0.6) is 5.75 Å². The van der Waals surface area contributed by atoms with E-state index in [1.54, 1.807) is 12.1 Å². The van der Waals surface area contributed by atoms with Crippen LogP contribution in [-0.2, 0) is 23.9 Å². The largest absolute Gasteiger partial charge is 0.491 e. The Labute approximate surface area is 258 Å². The van der Waals surface area contributed by atoms with Crippen LogP contribution in [0.3, 0.4) is 0 Å². The molecular formula is C31H33ClFN5O6. The highest BCUT2D eigenvalue weighted by molar-refractivity contribution is 6.31. The monoisotopic (exact) mass is 625 g/mol. The third-order valence-electron chi connectivity index (χ3n) is 7.59. The molecule has 3 aromatic rings. The third-order valence-corrected chi connectivity index (χ3v) is 7.88. The van der Waals surface area contributed by atoms with Crippen LogP contribution in [0.2, 0.25) is 5.02 Å². The first-order valence-electron chi connectivity index (χ1n) is 14.3. The lowest BCUT2D eigenvalue weighted by molar-refractivity contribution is -0.163. The van der Waals surface area contributed by atoms with Gasteiger partial charge in [0.15, 0.2) is 0 Å². The van der Waals surface area contributed by atoms with Gasteiger partial charge in [-0.1, -0.05) is 17.7 Å². The van der Waals surface area contributed by atoms with E-state index in [1.807, 2.05) is 12.1 Å². The lowest BCUT2D eigenvalue weighted by Crippen LogP contribution is -2.56. The summed E-state index contributed by atoms with van der Waals surface area (Å²) in [7, 11) is 2.50. The number of benzene rings is 2. The second kappa shape index (κ2) is 13.9. The molecule has 1 aliphatic carbocycles. The van der Waals surface area contributed by atoms with Crippen LogP contribution in [0.25, 0.3) is 10.9 Å². The summed E-state index contributed by atoms with van der Waals surface area (Å²) in [5, 5.41) is 7.10. The Hall–Kier alpha value is -4.45. The average Bonchev–Trinajstić information content (AvgIpc) is 3.87. The number of esters is 2. The Balaban J connectivity index is 1.37. The molecule has 1 saturated heterocycles. The predicted octanol–water partition coefficient (Wildman–Crippen LogP) is 5.02. The van der Waals surface area contributed by atoms with E-state index >= 15 is 0 Å². The van der Waals surface area contributed by atoms with Gasteiger partial charge in [0.1, 0.15) is 35.8 Å². The van der Waals surface area contributed by atoms with Crippen LogP contribution >= 0.6 is 11.6 Å². The van der Waals surface area contributed by atoms with Gasteiger partial charge >= 0.3 is 11.9 Å². The van der Waals surface area contributed by atoms with Gasteiger partial charge in [0.05, 0.1) is 37.1 Å². The number of fused-ring (bicyclic) bond motifs is 1. The maximum atomic E-state index is 13.7. The Bertz CT molecular complexity index is 1560. The zero-order valence-corrected chi connectivity index (χ0v) is 25.1. The first kappa shape index (κ1) is 31.0. The minimum absolute atomic E-state index is 0.0202. The van der Waals surface area contributed by atoms with E-state index in [2.05, 4.69) is 20.6 Å². The number of anilines is 3. The summed E-state index contributed by atoms with van der Waals surface area (Å²) < 4.78 is 29.6. The molecule has 0 radical (unpaired) electrons. The summed E-state index contributed by atoms with van der Waals surface area (Å²) >= 11 is 5.96. The van der Waals surface area contributed by atoms with E-state index < -0.39 is 35.7 Å². The van der Waals surface area contributed by atoms with Crippen LogP contribution in [0.4, 0.5) is 21.6 Å². The first-order valence-corrected chi connectivity index (χ1v) is 14.7. The van der Waals surface area contributed by atoms with Crippen LogP contribution in [-0.4, -0.2) is 72.2 Å². The van der Waals surface area contributed by atoms with Crippen molar-refractivity contribution in [2.45, 2.75) is 44.2 Å². The van der Waals surface area contributed by atoms with Gasteiger partial charge in [-0.05, 0) is 62.3 Å². The highest BCUT2D eigenvalue weighted by Gasteiger charge is 2.41. The van der Waals surface area contributed by atoms with Gasteiger partial charge in [0, 0.05) is 29.8 Å². The van der Waals surface area contributed by atoms with Crippen molar-refractivity contribution in [2.75, 3.05) is 38.0 Å². The lowest BCUT2D eigenvalue weighted by Gasteiger charge is -2.38. The molecule has 5 rings (SSSR count). The van der Waals surface area contributed by atoms with Gasteiger partial charge in [0.25, 0.3) is 0 Å². The van der Waals surface area contributed by atoms with Crippen molar-refractivity contribution in [2.24, 2.45) is 5.92 Å². The van der Waals surface area contributed by atoms with E-state index in [0.717, 1.165) is 12.8 Å². The number of hydrogen-bond acceptors (Lipinski definition) is 10. The predicted molar refractivity (Wildman–Crippen MR) is 162 cm³/mol. The fourth-order valence-electron chi connectivity index (χ4n) is 5.10. The highest BCUT2D eigenvalue weighted by Crippen LogP contribution is 2.36. The number of piperidine rings is 1. The topological polar surface area (TPSA) is 132 Å². The number of methoxy groups -OCH3 is 2. The highest BCUT2D eigenvalue weighted by atomic mass is 35.5. The molecule has 2 aliphatic rings. The molecule has 232 valence electrons. The summed E-state index contributed by atoms with van der Waals surface area (Å²) in [6.07, 6.45) is 7.94. The summed E-state index contributed by atoms with van der Waals surface area (Å²) in [6, 6.07) is 6.18. The fourth-order valence-corrected chi connectivity index (χ4v) is 5.28. The molecule has 2 atom stereocenters. The maximum absolute atomic E-state index is 13.7. The van der Waals surface area contributed by atoms with Gasteiger partial charge in [-0.15, -0.1) is 0 Å². The molecule has 13 heteroatoms. The van der Waals surface area contributed by atoms with E-state index in [1.165, 1.54) is 43.7 Å². The van der Waals surface area contributed by atoms with Gasteiger partial charge < -0.3 is 29.7 Å². The average molecular weight is 626 g/mol. The fraction of sp³-hybridized carbons (Fsp3) is 0.387. The number of nitrogens with zero attached hydrogens (tertiary/aromatic N) is 3. The zero-order valence-electron chi connectivity index (χ0n) is 24.3. The van der Waals surface area contributed by atoms with E-state index in [4.69, 9.17) is 25.8 Å². The van der Waals surface area contributed by atoms with Crippen molar-refractivity contribution in [1.82, 2.24) is 14.9 Å². The normalized spacial score (nSPS) is 18.2. The molecule has 44 heavy (non-hydrogen) atoms. The van der Waals surface area contributed by atoms with Gasteiger partial charge in [0.2, 0.25) is 5.91 Å². The number of carbonyl (C=O) groups is 3. The minimum atomic E-state index is -0.882. The number of aromatic nitrogens is 2. The molecule has 2 N–H and O–H groups in total. The third kappa shape index (κ3) is 7.19. The molecule has 1 amide bonds. The molecular weight excluding hydrogens is 593 g/mol. The molecule has 2 unspecified atom stereocenters. The SMILES string of the molecule is COC(=O)C1CCCC(C(=O)OC)N1C(=O)/C=C/CNc1cc2c(Nc3ccc(F)c(Cl)c3)ncnc2cc1OCC1CC1. The summed E-state index contributed by atoms with van der Waals surface area (Å²) in [4.78, 5) is 48.1. The molecule has 2 fully saturated rings. The Morgan fingerprint density at radius 2 is 1.77 bits per heavy atom. The van der Waals surface area contributed by atoms with Gasteiger partial charge in [-0.2, -0.15) is 0 Å². The van der Waals surface area contributed by atoms with Crippen molar-refractivity contribution < 1.29 is 33.0 Å². The number of ether oxygens (including phenoxy) is 3. The number of rotatable bonds is 11. The maximum Gasteiger partial charge on any atom is 0.328 e. The molecule has 11 nitrogen and oxygen atoms in total. The van der Waals surface area contributed by atoms with Crippen molar-refractivity contribution >= 4 is 57.5 Å². The van der Waals surface area contributed by atoms with Crippen LogP contribution in [0.15, 0.2) is 48.8 Å².